The number of pyridine rings is 2. The molecule has 0 bridgehead atoms. The smallest absolute Gasteiger partial charge is 0.296 e. The summed E-state index contributed by atoms with van der Waals surface area (Å²) in [5.74, 6) is -0.602. The van der Waals surface area contributed by atoms with E-state index >= 15 is 0 Å². The number of nitrogens with zero attached hydrogens (tertiary/aromatic N) is 4. The van der Waals surface area contributed by atoms with Crippen molar-refractivity contribution in [1.29, 1.82) is 0 Å². The van der Waals surface area contributed by atoms with Gasteiger partial charge in [-0.05, 0) is 30.3 Å². The molecule has 0 spiro atoms. The van der Waals surface area contributed by atoms with Crippen LogP contribution in [0.3, 0.4) is 0 Å². The molecule has 3 aromatic heterocycles. The SMILES string of the molecule is CS(=O)(=NC(=O)c1ccc(-c2nc3[nH]c(O[C@@H]4CO[C@H]5[C@@H]4OC[C@H]5O)nc3cc2Cl)cc1)c1cccnc1. The average molecular weight is 556 g/mol. The number of halogens is 1. The molecule has 6 rings (SSSR count). The van der Waals surface area contributed by atoms with Gasteiger partial charge in [0.05, 0.1) is 38.6 Å². The minimum atomic E-state index is -2.94. The van der Waals surface area contributed by atoms with Gasteiger partial charge in [0.2, 0.25) is 0 Å². The first-order valence-corrected chi connectivity index (χ1v) is 14.0. The number of aliphatic hydroxyl groups excluding tert-OH is 1. The second-order valence-corrected chi connectivity index (χ2v) is 11.7. The Balaban J connectivity index is 1.22. The van der Waals surface area contributed by atoms with Crippen molar-refractivity contribution in [1.82, 2.24) is 19.9 Å². The number of carbonyl (C=O) groups is 1. The zero-order chi connectivity index (χ0) is 26.4. The molecule has 1 unspecified atom stereocenters. The lowest BCUT2D eigenvalue weighted by molar-refractivity contribution is 0.00706. The minimum Gasteiger partial charge on any atom is -0.456 e. The predicted octanol–water partition coefficient (Wildman–Crippen LogP) is 2.88. The van der Waals surface area contributed by atoms with E-state index in [0.717, 1.165) is 0 Å². The van der Waals surface area contributed by atoms with Crippen LogP contribution in [-0.4, -0.2) is 79.0 Å². The summed E-state index contributed by atoms with van der Waals surface area (Å²) in [6.45, 7) is 0.478. The van der Waals surface area contributed by atoms with Crippen molar-refractivity contribution < 1.29 is 28.3 Å². The number of aromatic amines is 1. The van der Waals surface area contributed by atoms with E-state index in [4.69, 9.17) is 25.8 Å². The summed E-state index contributed by atoms with van der Waals surface area (Å²) in [5.41, 5.74) is 2.38. The number of nitrogens with one attached hydrogen (secondary N) is 1. The maximum Gasteiger partial charge on any atom is 0.296 e. The first kappa shape index (κ1) is 24.9. The van der Waals surface area contributed by atoms with Crippen LogP contribution in [0.5, 0.6) is 6.01 Å². The van der Waals surface area contributed by atoms with Gasteiger partial charge in [0.15, 0.2) is 11.8 Å². The Kier molecular flexibility index (Phi) is 6.36. The van der Waals surface area contributed by atoms with Crippen LogP contribution >= 0.6 is 11.6 Å². The Labute approximate surface area is 222 Å². The van der Waals surface area contributed by atoms with Crippen molar-refractivity contribution >= 4 is 38.4 Å². The van der Waals surface area contributed by atoms with Crippen molar-refractivity contribution in [2.75, 3.05) is 19.5 Å². The van der Waals surface area contributed by atoms with Crippen LogP contribution in [0.1, 0.15) is 10.4 Å². The third-order valence-corrected chi connectivity index (χ3v) is 8.30. The predicted molar refractivity (Wildman–Crippen MR) is 138 cm³/mol. The quantitative estimate of drug-likeness (QED) is 0.379. The zero-order valence-electron chi connectivity index (χ0n) is 20.0. The van der Waals surface area contributed by atoms with E-state index in [-0.39, 0.29) is 30.9 Å². The largest absolute Gasteiger partial charge is 0.456 e. The van der Waals surface area contributed by atoms with Gasteiger partial charge in [-0.1, -0.05) is 23.7 Å². The molecule has 2 aliphatic rings. The van der Waals surface area contributed by atoms with E-state index in [2.05, 4.69) is 24.3 Å². The fourth-order valence-corrected chi connectivity index (χ4v) is 5.82. The zero-order valence-corrected chi connectivity index (χ0v) is 21.6. The molecule has 1 amide bonds. The summed E-state index contributed by atoms with van der Waals surface area (Å²) in [7, 11) is -2.94. The summed E-state index contributed by atoms with van der Waals surface area (Å²) in [5, 5.41) is 10.3. The molecular weight excluding hydrogens is 534 g/mol. The normalized spacial score (nSPS) is 24.2. The highest BCUT2D eigenvalue weighted by molar-refractivity contribution is 7.93. The number of aliphatic hydroxyl groups is 1. The Morgan fingerprint density at radius 2 is 1.97 bits per heavy atom. The lowest BCUT2D eigenvalue weighted by Crippen LogP contribution is -2.34. The van der Waals surface area contributed by atoms with Crippen molar-refractivity contribution in [3.8, 4) is 17.3 Å². The standard InChI is InChI=1S/C25H22ClN5O6S/c1-38(34,15-3-2-8-27-10-15)31-24(33)14-6-4-13(5-7-14)20-16(26)9-17-23(29-20)30-25(28-17)37-19-12-36-21-18(32)11-35-22(19)21/h2-10,18-19,21-22,32H,11-12H2,1H3,(H,28,29,30)/t18-,19-,21-,22-,38?/m1/s1. The Hall–Kier alpha value is -3.42. The number of imidazole rings is 1. The molecule has 2 N–H and O–H groups in total. The summed E-state index contributed by atoms with van der Waals surface area (Å²) in [6.07, 6.45) is 2.52. The van der Waals surface area contributed by atoms with E-state index in [9.17, 15) is 14.1 Å². The Morgan fingerprint density at radius 1 is 1.18 bits per heavy atom. The monoisotopic (exact) mass is 555 g/mol. The highest BCUT2D eigenvalue weighted by Crippen LogP contribution is 2.32. The third kappa shape index (κ3) is 4.65. The van der Waals surface area contributed by atoms with Crippen LogP contribution in [0.4, 0.5) is 0 Å². The number of fused-ring (bicyclic) bond motifs is 2. The molecule has 0 radical (unpaired) electrons. The molecule has 1 aromatic carbocycles. The number of carbonyl (C=O) groups excluding carboxylic acids is 1. The second-order valence-electron chi connectivity index (χ2n) is 9.01. The topological polar surface area (TPSA) is 149 Å². The van der Waals surface area contributed by atoms with Crippen molar-refractivity contribution in [3.63, 3.8) is 0 Å². The van der Waals surface area contributed by atoms with Gasteiger partial charge in [-0.25, -0.2) is 9.19 Å². The van der Waals surface area contributed by atoms with Gasteiger partial charge in [-0.3, -0.25) is 14.8 Å². The number of rotatable bonds is 5. The molecule has 5 atom stereocenters. The maximum atomic E-state index is 12.9. The molecule has 4 aromatic rings. The van der Waals surface area contributed by atoms with Crippen molar-refractivity contribution in [2.45, 2.75) is 29.3 Å². The van der Waals surface area contributed by atoms with Gasteiger partial charge in [0.25, 0.3) is 11.9 Å². The lowest BCUT2D eigenvalue weighted by atomic mass is 10.1. The highest BCUT2D eigenvalue weighted by Gasteiger charge is 2.48. The first-order valence-electron chi connectivity index (χ1n) is 11.7. The van der Waals surface area contributed by atoms with Gasteiger partial charge in [0.1, 0.15) is 23.8 Å². The van der Waals surface area contributed by atoms with Crippen molar-refractivity contribution in [2.24, 2.45) is 4.36 Å². The molecule has 2 saturated heterocycles. The number of ether oxygens (including phenoxy) is 3. The number of hydrogen-bond donors (Lipinski definition) is 2. The first-order chi connectivity index (χ1) is 18.3. The van der Waals surface area contributed by atoms with Gasteiger partial charge in [-0.2, -0.15) is 9.35 Å². The van der Waals surface area contributed by atoms with E-state index in [1.807, 2.05) is 0 Å². The van der Waals surface area contributed by atoms with Gasteiger partial charge in [-0.15, -0.1) is 0 Å². The third-order valence-electron chi connectivity index (χ3n) is 6.38. The number of hydrogen-bond acceptors (Lipinski definition) is 9. The lowest BCUT2D eigenvalue weighted by Gasteiger charge is -2.15. The fraction of sp³-hybridized carbons (Fsp3) is 0.280. The second kappa shape index (κ2) is 9.71. The minimum absolute atomic E-state index is 0.205. The Morgan fingerprint density at radius 3 is 2.74 bits per heavy atom. The number of amides is 1. The molecular formula is C25H22ClN5O6S. The van der Waals surface area contributed by atoms with Crippen LogP contribution in [0.15, 0.2) is 64.1 Å². The van der Waals surface area contributed by atoms with Crippen LogP contribution < -0.4 is 4.74 Å². The van der Waals surface area contributed by atoms with Crippen LogP contribution in [0, 0.1) is 0 Å². The molecule has 11 nitrogen and oxygen atoms in total. The Bertz CT molecular complexity index is 1640. The van der Waals surface area contributed by atoms with E-state index in [0.29, 0.717) is 32.3 Å². The molecule has 5 heterocycles. The molecule has 2 aliphatic heterocycles. The van der Waals surface area contributed by atoms with Gasteiger partial charge < -0.3 is 19.3 Å². The summed E-state index contributed by atoms with van der Waals surface area (Å²) in [4.78, 5) is 29.1. The molecule has 196 valence electrons. The summed E-state index contributed by atoms with van der Waals surface area (Å²) < 4.78 is 34.0. The summed E-state index contributed by atoms with van der Waals surface area (Å²) >= 11 is 6.51. The number of aromatic nitrogens is 4. The van der Waals surface area contributed by atoms with Crippen LogP contribution in [0.2, 0.25) is 5.02 Å². The van der Waals surface area contributed by atoms with E-state index < -0.39 is 33.9 Å². The molecule has 0 aliphatic carbocycles. The van der Waals surface area contributed by atoms with Gasteiger partial charge in [0, 0.05) is 29.8 Å². The fourth-order valence-electron chi connectivity index (χ4n) is 4.45. The maximum absolute atomic E-state index is 12.9. The van der Waals surface area contributed by atoms with Crippen LogP contribution in [0.25, 0.3) is 22.4 Å². The molecule has 0 saturated carbocycles. The number of H-pyrrole nitrogens is 1. The van der Waals surface area contributed by atoms with E-state index in [1.165, 1.54) is 12.5 Å². The highest BCUT2D eigenvalue weighted by atomic mass is 35.5. The molecule has 38 heavy (non-hydrogen) atoms. The summed E-state index contributed by atoms with van der Waals surface area (Å²) in [6, 6.07) is 11.7. The molecule has 2 fully saturated rings. The van der Waals surface area contributed by atoms with Crippen LogP contribution in [-0.2, 0) is 19.2 Å². The number of benzene rings is 1. The van der Waals surface area contributed by atoms with Crippen molar-refractivity contribution in [3.05, 3.63) is 65.4 Å². The van der Waals surface area contributed by atoms with E-state index in [1.54, 1.807) is 48.7 Å². The molecule has 13 heteroatoms. The average Bonchev–Trinajstić information content (AvgIpc) is 3.60. The van der Waals surface area contributed by atoms with Gasteiger partial charge >= 0.3 is 0 Å².